The number of hydrogen-bond acceptors (Lipinski definition) is 3. The van der Waals surface area contributed by atoms with Crippen LogP contribution < -0.4 is 16.0 Å². The van der Waals surface area contributed by atoms with E-state index in [4.69, 9.17) is 5.73 Å². The van der Waals surface area contributed by atoms with E-state index in [2.05, 4.69) is 26.1 Å². The topological polar surface area (TPSA) is 58.4 Å². The summed E-state index contributed by atoms with van der Waals surface area (Å²) in [5.41, 5.74) is 7.47. The SMILES string of the molecule is CCC1C(=O)NCCN1c1ccc(N)cc1Br. The first-order valence-electron chi connectivity index (χ1n) is 5.73. The van der Waals surface area contributed by atoms with Crippen LogP contribution in [0.3, 0.4) is 0 Å². The maximum absolute atomic E-state index is 11.8. The fourth-order valence-electron chi connectivity index (χ4n) is 2.16. The minimum atomic E-state index is -0.0938. The zero-order chi connectivity index (χ0) is 12.4. The first-order valence-corrected chi connectivity index (χ1v) is 6.52. The monoisotopic (exact) mass is 297 g/mol. The van der Waals surface area contributed by atoms with Crippen LogP contribution in [0, 0.1) is 0 Å². The highest BCUT2D eigenvalue weighted by Crippen LogP contribution is 2.30. The molecule has 0 bridgehead atoms. The van der Waals surface area contributed by atoms with E-state index in [0.717, 1.165) is 28.8 Å². The lowest BCUT2D eigenvalue weighted by Crippen LogP contribution is -2.55. The summed E-state index contributed by atoms with van der Waals surface area (Å²) in [6, 6.07) is 5.60. The third-order valence-corrected chi connectivity index (χ3v) is 3.63. The van der Waals surface area contributed by atoms with E-state index < -0.39 is 0 Å². The van der Waals surface area contributed by atoms with Gasteiger partial charge in [-0.1, -0.05) is 6.92 Å². The van der Waals surface area contributed by atoms with Crippen LogP contribution in [0.2, 0.25) is 0 Å². The first kappa shape index (κ1) is 12.2. The summed E-state index contributed by atoms with van der Waals surface area (Å²) in [6.45, 7) is 3.53. The molecule has 1 aromatic rings. The second-order valence-corrected chi connectivity index (χ2v) is 4.97. The van der Waals surface area contributed by atoms with Crippen molar-refractivity contribution in [2.75, 3.05) is 23.7 Å². The van der Waals surface area contributed by atoms with Gasteiger partial charge in [-0.05, 0) is 40.5 Å². The van der Waals surface area contributed by atoms with Gasteiger partial charge in [0, 0.05) is 23.2 Å². The number of halogens is 1. The van der Waals surface area contributed by atoms with Gasteiger partial charge in [0.2, 0.25) is 5.91 Å². The molecule has 0 spiro atoms. The maximum atomic E-state index is 11.8. The zero-order valence-corrected chi connectivity index (χ0v) is 11.3. The number of nitrogens with zero attached hydrogens (tertiary/aromatic N) is 1. The number of rotatable bonds is 2. The molecule has 0 aliphatic carbocycles. The number of benzene rings is 1. The number of hydrogen-bond donors (Lipinski definition) is 2. The largest absolute Gasteiger partial charge is 0.399 e. The van der Waals surface area contributed by atoms with E-state index in [1.54, 1.807) is 0 Å². The van der Waals surface area contributed by atoms with Crippen molar-refractivity contribution in [1.82, 2.24) is 5.32 Å². The van der Waals surface area contributed by atoms with Crippen LogP contribution >= 0.6 is 15.9 Å². The number of nitrogen functional groups attached to an aromatic ring is 1. The average molecular weight is 298 g/mol. The Balaban J connectivity index is 2.33. The van der Waals surface area contributed by atoms with Crippen molar-refractivity contribution >= 4 is 33.2 Å². The predicted molar refractivity (Wildman–Crippen MR) is 73.0 cm³/mol. The van der Waals surface area contributed by atoms with E-state index in [1.807, 2.05) is 25.1 Å². The van der Waals surface area contributed by atoms with Crippen LogP contribution in [-0.4, -0.2) is 25.0 Å². The third kappa shape index (κ3) is 2.39. The number of piperazine rings is 1. The lowest BCUT2D eigenvalue weighted by molar-refractivity contribution is -0.123. The van der Waals surface area contributed by atoms with Crippen molar-refractivity contribution in [3.63, 3.8) is 0 Å². The molecule has 1 aliphatic heterocycles. The molecule has 1 amide bonds. The minimum absolute atomic E-state index is 0.0938. The van der Waals surface area contributed by atoms with Gasteiger partial charge in [0.25, 0.3) is 0 Å². The molecule has 1 aromatic carbocycles. The van der Waals surface area contributed by atoms with Crippen molar-refractivity contribution in [3.05, 3.63) is 22.7 Å². The molecule has 1 heterocycles. The Morgan fingerprint density at radius 1 is 1.59 bits per heavy atom. The Kier molecular flexibility index (Phi) is 3.57. The molecule has 1 fully saturated rings. The van der Waals surface area contributed by atoms with Crippen molar-refractivity contribution < 1.29 is 4.79 Å². The molecule has 92 valence electrons. The van der Waals surface area contributed by atoms with Gasteiger partial charge >= 0.3 is 0 Å². The van der Waals surface area contributed by atoms with Gasteiger partial charge in [0.1, 0.15) is 6.04 Å². The van der Waals surface area contributed by atoms with E-state index in [1.165, 1.54) is 0 Å². The summed E-state index contributed by atoms with van der Waals surface area (Å²) in [4.78, 5) is 13.9. The molecule has 0 aromatic heterocycles. The fourth-order valence-corrected chi connectivity index (χ4v) is 2.79. The molecule has 1 aliphatic rings. The second kappa shape index (κ2) is 4.96. The molecule has 0 saturated carbocycles. The standard InChI is InChI=1S/C12H16BrN3O/c1-2-10-12(17)15-5-6-16(10)11-4-3-8(14)7-9(11)13/h3-4,7,10H,2,5-6,14H2,1H3,(H,15,17). The number of nitrogens with one attached hydrogen (secondary N) is 1. The average Bonchev–Trinajstić information content (AvgIpc) is 2.29. The summed E-state index contributed by atoms with van der Waals surface area (Å²) < 4.78 is 0.936. The molecular formula is C12H16BrN3O. The quantitative estimate of drug-likeness (QED) is 0.818. The minimum Gasteiger partial charge on any atom is -0.399 e. The van der Waals surface area contributed by atoms with E-state index in [9.17, 15) is 4.79 Å². The molecule has 4 nitrogen and oxygen atoms in total. The van der Waals surface area contributed by atoms with Crippen LogP contribution in [0.25, 0.3) is 0 Å². The first-order chi connectivity index (χ1) is 8.13. The van der Waals surface area contributed by atoms with Gasteiger partial charge in [-0.3, -0.25) is 4.79 Å². The van der Waals surface area contributed by atoms with Gasteiger partial charge in [-0.15, -0.1) is 0 Å². The number of amides is 1. The predicted octanol–water partition coefficient (Wildman–Crippen LogP) is 1.75. The van der Waals surface area contributed by atoms with E-state index in [-0.39, 0.29) is 11.9 Å². The van der Waals surface area contributed by atoms with Gasteiger partial charge in [-0.25, -0.2) is 0 Å². The highest BCUT2D eigenvalue weighted by Gasteiger charge is 2.29. The molecule has 5 heteroatoms. The van der Waals surface area contributed by atoms with Gasteiger partial charge in [-0.2, -0.15) is 0 Å². The van der Waals surface area contributed by atoms with Crippen LogP contribution in [0.4, 0.5) is 11.4 Å². The van der Waals surface area contributed by atoms with Crippen molar-refractivity contribution in [3.8, 4) is 0 Å². The molecule has 3 N–H and O–H groups in total. The fraction of sp³-hybridized carbons (Fsp3) is 0.417. The van der Waals surface area contributed by atoms with Gasteiger partial charge in [0.15, 0.2) is 0 Å². The number of anilines is 2. The van der Waals surface area contributed by atoms with E-state index >= 15 is 0 Å². The summed E-state index contributed by atoms with van der Waals surface area (Å²) in [5.74, 6) is 0.0995. The number of carbonyl (C=O) groups excluding carboxylic acids is 1. The Bertz CT molecular complexity index is 436. The molecule has 1 saturated heterocycles. The van der Waals surface area contributed by atoms with Gasteiger partial charge < -0.3 is 16.0 Å². The number of carbonyl (C=O) groups is 1. The van der Waals surface area contributed by atoms with Gasteiger partial charge in [0.05, 0.1) is 5.69 Å². The third-order valence-electron chi connectivity index (χ3n) is 3.00. The van der Waals surface area contributed by atoms with Crippen LogP contribution in [0.5, 0.6) is 0 Å². The Hall–Kier alpha value is -1.23. The Morgan fingerprint density at radius 2 is 2.35 bits per heavy atom. The normalized spacial score (nSPS) is 20.2. The molecule has 17 heavy (non-hydrogen) atoms. The highest BCUT2D eigenvalue weighted by atomic mass is 79.9. The Labute approximate surface area is 109 Å². The Morgan fingerprint density at radius 3 is 3.00 bits per heavy atom. The second-order valence-electron chi connectivity index (χ2n) is 4.12. The lowest BCUT2D eigenvalue weighted by atomic mass is 10.1. The van der Waals surface area contributed by atoms with Crippen LogP contribution in [-0.2, 0) is 4.79 Å². The van der Waals surface area contributed by atoms with Crippen molar-refractivity contribution in [1.29, 1.82) is 0 Å². The summed E-state index contributed by atoms with van der Waals surface area (Å²) in [6.07, 6.45) is 0.794. The number of nitrogens with two attached hydrogens (primary N) is 1. The van der Waals surface area contributed by atoms with Crippen molar-refractivity contribution in [2.24, 2.45) is 0 Å². The summed E-state index contributed by atoms with van der Waals surface area (Å²) in [7, 11) is 0. The molecule has 1 atom stereocenters. The molecule has 0 radical (unpaired) electrons. The molecule has 1 unspecified atom stereocenters. The molecule has 2 rings (SSSR count). The maximum Gasteiger partial charge on any atom is 0.242 e. The summed E-state index contributed by atoms with van der Waals surface area (Å²) in [5, 5.41) is 2.89. The van der Waals surface area contributed by atoms with E-state index in [0.29, 0.717) is 6.54 Å². The molecular weight excluding hydrogens is 282 g/mol. The van der Waals surface area contributed by atoms with Crippen LogP contribution in [0.1, 0.15) is 13.3 Å². The highest BCUT2D eigenvalue weighted by molar-refractivity contribution is 9.10. The smallest absolute Gasteiger partial charge is 0.242 e. The summed E-state index contributed by atoms with van der Waals surface area (Å²) >= 11 is 3.51. The van der Waals surface area contributed by atoms with Crippen molar-refractivity contribution in [2.45, 2.75) is 19.4 Å². The zero-order valence-electron chi connectivity index (χ0n) is 9.74. The van der Waals surface area contributed by atoms with Crippen LogP contribution in [0.15, 0.2) is 22.7 Å². The lowest BCUT2D eigenvalue weighted by Gasteiger charge is -2.36.